The number of halogens is 1. The van der Waals surface area contributed by atoms with Gasteiger partial charge >= 0.3 is 0 Å². The fourth-order valence-electron chi connectivity index (χ4n) is 0.879. The quantitative estimate of drug-likeness (QED) is 0.638. The number of rotatable bonds is 0. The van der Waals surface area contributed by atoms with Crippen molar-refractivity contribution in [1.82, 2.24) is 9.59 Å². The molecule has 5 heteroatoms. The van der Waals surface area contributed by atoms with Crippen LogP contribution in [0.3, 0.4) is 0 Å². The number of hydrogen-bond donors (Lipinski definition) is 1. The number of hydrogen-bond acceptors (Lipinski definition) is 4. The topological polar surface area (TPSA) is 51.8 Å². The Morgan fingerprint density at radius 3 is 3.09 bits per heavy atom. The number of nitrogens with zero attached hydrogens (tertiary/aromatic N) is 2. The number of anilines is 1. The van der Waals surface area contributed by atoms with Crippen molar-refractivity contribution in [3.8, 4) is 0 Å². The average Bonchev–Trinajstić information content (AvgIpc) is 2.34. The lowest BCUT2D eigenvalue weighted by atomic mass is 10.3. The van der Waals surface area contributed by atoms with Crippen LogP contribution in [0.25, 0.3) is 10.2 Å². The molecule has 0 atom stereocenters. The van der Waals surface area contributed by atoms with Gasteiger partial charge < -0.3 is 5.73 Å². The summed E-state index contributed by atoms with van der Waals surface area (Å²) in [5.41, 5.74) is 7.05. The molecule has 0 fully saturated rings. The second kappa shape index (κ2) is 2.32. The number of fused-ring (bicyclic) bond motifs is 1. The lowest BCUT2D eigenvalue weighted by molar-refractivity contribution is 1.20. The fraction of sp³-hybridized carbons (Fsp3) is 0. The zero-order valence-electron chi connectivity index (χ0n) is 5.41. The highest BCUT2D eigenvalue weighted by Crippen LogP contribution is 2.26. The van der Waals surface area contributed by atoms with Crippen molar-refractivity contribution in [2.45, 2.75) is 0 Å². The van der Waals surface area contributed by atoms with Gasteiger partial charge in [-0.15, -0.1) is 5.10 Å². The molecule has 0 amide bonds. The molecule has 1 aromatic heterocycles. The van der Waals surface area contributed by atoms with Crippen molar-refractivity contribution in [2.75, 3.05) is 5.73 Å². The highest BCUT2D eigenvalue weighted by atomic mass is 35.5. The molecule has 0 saturated carbocycles. The SMILES string of the molecule is Nc1cc(Cl)cc2nnsc12. The minimum Gasteiger partial charge on any atom is -0.397 e. The van der Waals surface area contributed by atoms with Crippen molar-refractivity contribution in [3.05, 3.63) is 17.2 Å². The maximum absolute atomic E-state index is 5.74. The van der Waals surface area contributed by atoms with Gasteiger partial charge in [0, 0.05) is 5.02 Å². The molecule has 0 aliphatic rings. The van der Waals surface area contributed by atoms with E-state index in [0.29, 0.717) is 10.7 Å². The molecular formula is C6H4ClN3S. The molecule has 0 aliphatic carbocycles. The van der Waals surface area contributed by atoms with Crippen LogP contribution in [0.5, 0.6) is 0 Å². The summed E-state index contributed by atoms with van der Waals surface area (Å²) in [5.74, 6) is 0. The maximum atomic E-state index is 5.74. The first-order chi connectivity index (χ1) is 5.27. The summed E-state index contributed by atoms with van der Waals surface area (Å²) >= 11 is 7.02. The number of benzene rings is 1. The third-order valence-electron chi connectivity index (χ3n) is 1.34. The minimum atomic E-state index is 0.600. The van der Waals surface area contributed by atoms with Crippen molar-refractivity contribution in [3.63, 3.8) is 0 Å². The molecule has 3 nitrogen and oxygen atoms in total. The Hall–Kier alpha value is -0.870. The van der Waals surface area contributed by atoms with Gasteiger partial charge in [-0.25, -0.2) is 0 Å². The standard InChI is InChI=1S/C6H4ClN3S/c7-3-1-4(8)6-5(2-3)9-10-11-6/h1-2H,8H2. The third kappa shape index (κ3) is 1.04. The zero-order chi connectivity index (χ0) is 7.84. The van der Waals surface area contributed by atoms with Gasteiger partial charge in [-0.3, -0.25) is 0 Å². The summed E-state index contributed by atoms with van der Waals surface area (Å²) in [6.45, 7) is 0. The van der Waals surface area contributed by atoms with E-state index in [-0.39, 0.29) is 0 Å². The van der Waals surface area contributed by atoms with Crippen molar-refractivity contribution in [1.29, 1.82) is 0 Å². The molecule has 0 saturated heterocycles. The Morgan fingerprint density at radius 2 is 2.27 bits per heavy atom. The van der Waals surface area contributed by atoms with Gasteiger partial charge in [-0.2, -0.15) is 0 Å². The van der Waals surface area contributed by atoms with Crippen LogP contribution in [0, 0.1) is 0 Å². The van der Waals surface area contributed by atoms with E-state index in [9.17, 15) is 0 Å². The smallest absolute Gasteiger partial charge is 0.109 e. The predicted molar refractivity (Wildman–Crippen MR) is 46.8 cm³/mol. The zero-order valence-corrected chi connectivity index (χ0v) is 6.99. The lowest BCUT2D eigenvalue weighted by Crippen LogP contribution is -1.83. The Bertz CT molecular complexity index is 398. The average molecular weight is 186 g/mol. The molecule has 0 aliphatic heterocycles. The summed E-state index contributed by atoms with van der Waals surface area (Å²) in [5, 5.41) is 4.44. The van der Waals surface area contributed by atoms with Gasteiger partial charge in [-0.05, 0) is 23.7 Å². The molecule has 0 spiro atoms. The molecule has 0 bridgehead atoms. The molecule has 0 radical (unpaired) electrons. The Morgan fingerprint density at radius 1 is 1.45 bits per heavy atom. The molecule has 56 valence electrons. The molecule has 1 heterocycles. The number of nitrogens with two attached hydrogens (primary N) is 1. The largest absolute Gasteiger partial charge is 0.397 e. The van der Waals surface area contributed by atoms with E-state index in [2.05, 4.69) is 9.59 Å². The first-order valence-electron chi connectivity index (χ1n) is 2.94. The summed E-state index contributed by atoms with van der Waals surface area (Å²) in [6, 6.07) is 3.44. The van der Waals surface area contributed by atoms with Crippen molar-refractivity contribution in [2.24, 2.45) is 0 Å². The van der Waals surface area contributed by atoms with E-state index in [1.165, 1.54) is 11.5 Å². The highest BCUT2D eigenvalue weighted by molar-refractivity contribution is 7.13. The van der Waals surface area contributed by atoms with Crippen molar-refractivity contribution >= 4 is 39.0 Å². The monoisotopic (exact) mass is 185 g/mol. The molecule has 2 aromatic rings. The second-order valence-electron chi connectivity index (χ2n) is 2.12. The number of aromatic nitrogens is 2. The minimum absolute atomic E-state index is 0.600. The lowest BCUT2D eigenvalue weighted by Gasteiger charge is -1.93. The normalized spacial score (nSPS) is 10.6. The molecule has 2 rings (SSSR count). The van der Waals surface area contributed by atoms with E-state index in [1.54, 1.807) is 12.1 Å². The van der Waals surface area contributed by atoms with Gasteiger partial charge in [0.25, 0.3) is 0 Å². The maximum Gasteiger partial charge on any atom is 0.109 e. The van der Waals surface area contributed by atoms with E-state index in [1.807, 2.05) is 0 Å². The molecule has 11 heavy (non-hydrogen) atoms. The Kier molecular flexibility index (Phi) is 1.44. The van der Waals surface area contributed by atoms with E-state index in [0.717, 1.165) is 10.2 Å². The Balaban J connectivity index is 2.91. The fourth-order valence-corrected chi connectivity index (χ4v) is 1.67. The highest BCUT2D eigenvalue weighted by Gasteiger charge is 2.02. The van der Waals surface area contributed by atoms with Crippen LogP contribution in [0.15, 0.2) is 12.1 Å². The van der Waals surface area contributed by atoms with Gasteiger partial charge in [0.05, 0.1) is 10.4 Å². The van der Waals surface area contributed by atoms with Crippen LogP contribution in [-0.4, -0.2) is 9.59 Å². The third-order valence-corrected chi connectivity index (χ3v) is 2.35. The molecule has 1 aromatic carbocycles. The summed E-state index contributed by atoms with van der Waals surface area (Å²) in [7, 11) is 0. The summed E-state index contributed by atoms with van der Waals surface area (Å²) in [6.07, 6.45) is 0. The van der Waals surface area contributed by atoms with Crippen LogP contribution in [-0.2, 0) is 0 Å². The van der Waals surface area contributed by atoms with Crippen LogP contribution in [0.1, 0.15) is 0 Å². The van der Waals surface area contributed by atoms with Crippen LogP contribution < -0.4 is 5.73 Å². The van der Waals surface area contributed by atoms with E-state index in [4.69, 9.17) is 17.3 Å². The molecule has 0 unspecified atom stereocenters. The van der Waals surface area contributed by atoms with Crippen molar-refractivity contribution < 1.29 is 0 Å². The van der Waals surface area contributed by atoms with Crippen LogP contribution in [0.4, 0.5) is 5.69 Å². The Labute approximate surface area is 71.9 Å². The number of nitrogen functional groups attached to an aromatic ring is 1. The van der Waals surface area contributed by atoms with E-state index < -0.39 is 0 Å². The van der Waals surface area contributed by atoms with Gasteiger partial charge in [0.15, 0.2) is 0 Å². The molecular weight excluding hydrogens is 182 g/mol. The first-order valence-corrected chi connectivity index (χ1v) is 4.09. The van der Waals surface area contributed by atoms with Gasteiger partial charge in [0.1, 0.15) is 5.52 Å². The van der Waals surface area contributed by atoms with Crippen LogP contribution >= 0.6 is 23.1 Å². The summed E-state index contributed by atoms with van der Waals surface area (Å²) < 4.78 is 4.65. The van der Waals surface area contributed by atoms with Gasteiger partial charge in [-0.1, -0.05) is 16.1 Å². The first kappa shape index (κ1) is 6.82. The molecule has 2 N–H and O–H groups in total. The predicted octanol–water partition coefficient (Wildman–Crippen LogP) is 1.93. The summed E-state index contributed by atoms with van der Waals surface area (Å²) in [4.78, 5) is 0. The van der Waals surface area contributed by atoms with Crippen LogP contribution in [0.2, 0.25) is 5.02 Å². The second-order valence-corrected chi connectivity index (χ2v) is 3.31. The van der Waals surface area contributed by atoms with E-state index >= 15 is 0 Å². The van der Waals surface area contributed by atoms with Gasteiger partial charge in [0.2, 0.25) is 0 Å².